The van der Waals surface area contributed by atoms with Gasteiger partial charge in [-0.2, -0.15) is 0 Å². The molecule has 0 aliphatic rings. The van der Waals surface area contributed by atoms with Crippen molar-refractivity contribution < 1.29 is 4.74 Å². The number of methoxy groups -OCH3 is 1. The van der Waals surface area contributed by atoms with Crippen molar-refractivity contribution in [3.8, 4) is 5.75 Å². The van der Waals surface area contributed by atoms with E-state index >= 15 is 0 Å². The Kier molecular flexibility index (Phi) is 3.42. The highest BCUT2D eigenvalue weighted by atomic mass is 16.5. The first-order valence-electron chi connectivity index (χ1n) is 5.68. The average molecular weight is 231 g/mol. The van der Waals surface area contributed by atoms with Crippen LogP contribution in [0.1, 0.15) is 16.8 Å². The van der Waals surface area contributed by atoms with E-state index in [0.29, 0.717) is 0 Å². The molecule has 1 aromatic heterocycles. The van der Waals surface area contributed by atoms with E-state index < -0.39 is 0 Å². The number of rotatable bonds is 4. The molecule has 0 N–H and O–H groups in total. The van der Waals surface area contributed by atoms with Gasteiger partial charge in [0.05, 0.1) is 12.8 Å². The van der Waals surface area contributed by atoms with Gasteiger partial charge in [-0.15, -0.1) is 5.10 Å². The molecule has 0 spiro atoms. The summed E-state index contributed by atoms with van der Waals surface area (Å²) in [6, 6.07) is 6.12. The molecule has 0 saturated carbocycles. The van der Waals surface area contributed by atoms with Crippen molar-refractivity contribution in [3.05, 3.63) is 41.2 Å². The first kappa shape index (κ1) is 11.6. The summed E-state index contributed by atoms with van der Waals surface area (Å²) in [4.78, 5) is 0. The van der Waals surface area contributed by atoms with Gasteiger partial charge in [0.2, 0.25) is 0 Å². The van der Waals surface area contributed by atoms with Crippen molar-refractivity contribution in [2.75, 3.05) is 7.11 Å². The second-order valence-corrected chi connectivity index (χ2v) is 4.14. The molecule has 0 aliphatic heterocycles. The fraction of sp³-hybridized carbons (Fsp3) is 0.385. The lowest BCUT2D eigenvalue weighted by Crippen LogP contribution is -1.98. The van der Waals surface area contributed by atoms with Gasteiger partial charge in [-0.05, 0) is 37.0 Å². The van der Waals surface area contributed by atoms with Crippen molar-refractivity contribution in [2.45, 2.75) is 19.8 Å². The third-order valence-electron chi connectivity index (χ3n) is 2.87. The van der Waals surface area contributed by atoms with Gasteiger partial charge in [-0.25, -0.2) is 0 Å². The van der Waals surface area contributed by atoms with E-state index in [1.165, 1.54) is 11.1 Å². The molecule has 0 aliphatic carbocycles. The van der Waals surface area contributed by atoms with Gasteiger partial charge < -0.3 is 4.74 Å². The van der Waals surface area contributed by atoms with Crippen LogP contribution in [-0.2, 0) is 19.9 Å². The molecule has 90 valence electrons. The van der Waals surface area contributed by atoms with Crippen LogP contribution in [0.2, 0.25) is 0 Å². The molecular formula is C13H17N3O. The summed E-state index contributed by atoms with van der Waals surface area (Å²) in [6.45, 7) is 2.11. The van der Waals surface area contributed by atoms with Crippen molar-refractivity contribution in [2.24, 2.45) is 7.05 Å². The third-order valence-corrected chi connectivity index (χ3v) is 2.87. The molecule has 17 heavy (non-hydrogen) atoms. The number of aryl methyl sites for hydroxylation is 3. The number of aromatic nitrogens is 3. The molecule has 2 rings (SSSR count). The Morgan fingerprint density at radius 1 is 1.29 bits per heavy atom. The first-order chi connectivity index (χ1) is 8.20. The zero-order valence-electron chi connectivity index (χ0n) is 10.5. The van der Waals surface area contributed by atoms with Crippen LogP contribution in [0.3, 0.4) is 0 Å². The quantitative estimate of drug-likeness (QED) is 0.807. The lowest BCUT2D eigenvalue weighted by molar-refractivity contribution is 0.409. The molecule has 0 atom stereocenters. The van der Waals surface area contributed by atoms with Gasteiger partial charge in [0.1, 0.15) is 5.75 Å². The first-order valence-corrected chi connectivity index (χ1v) is 5.68. The van der Waals surface area contributed by atoms with Crippen LogP contribution in [0.4, 0.5) is 0 Å². The normalized spacial score (nSPS) is 10.5. The maximum Gasteiger partial charge on any atom is 0.122 e. The summed E-state index contributed by atoms with van der Waals surface area (Å²) >= 11 is 0. The third kappa shape index (κ3) is 2.64. The van der Waals surface area contributed by atoms with Crippen LogP contribution in [-0.4, -0.2) is 22.1 Å². The predicted molar refractivity (Wildman–Crippen MR) is 66.1 cm³/mol. The van der Waals surface area contributed by atoms with Crippen molar-refractivity contribution >= 4 is 0 Å². The van der Waals surface area contributed by atoms with E-state index in [2.05, 4.69) is 23.3 Å². The van der Waals surface area contributed by atoms with Crippen LogP contribution in [0.25, 0.3) is 0 Å². The summed E-state index contributed by atoms with van der Waals surface area (Å²) in [5.74, 6) is 0.953. The molecule has 1 aromatic carbocycles. The highest BCUT2D eigenvalue weighted by molar-refractivity contribution is 5.39. The molecule has 2 aromatic rings. The maximum absolute atomic E-state index is 5.38. The highest BCUT2D eigenvalue weighted by Crippen LogP contribution is 2.23. The minimum Gasteiger partial charge on any atom is -0.496 e. The zero-order chi connectivity index (χ0) is 12.3. The number of nitrogens with zero attached hydrogens (tertiary/aromatic N) is 3. The summed E-state index contributed by atoms with van der Waals surface area (Å²) in [5.41, 5.74) is 3.52. The minimum absolute atomic E-state index is 0.884. The molecule has 0 saturated heterocycles. The summed E-state index contributed by atoms with van der Waals surface area (Å²) in [7, 11) is 3.59. The van der Waals surface area contributed by atoms with Gasteiger partial charge in [-0.3, -0.25) is 4.68 Å². The van der Waals surface area contributed by atoms with Gasteiger partial charge in [0, 0.05) is 13.2 Å². The number of ether oxygens (including phenoxy) is 1. The van der Waals surface area contributed by atoms with Gasteiger partial charge in [0.25, 0.3) is 0 Å². The lowest BCUT2D eigenvalue weighted by Gasteiger charge is -2.10. The Morgan fingerprint density at radius 3 is 2.76 bits per heavy atom. The Hall–Kier alpha value is -1.84. The van der Waals surface area contributed by atoms with E-state index in [1.54, 1.807) is 11.8 Å². The smallest absolute Gasteiger partial charge is 0.122 e. The SMILES string of the molecule is COc1cccc(C)c1CCc1cn(C)nn1. The van der Waals surface area contributed by atoms with E-state index in [0.717, 1.165) is 24.3 Å². The Morgan fingerprint density at radius 2 is 2.12 bits per heavy atom. The monoisotopic (exact) mass is 231 g/mol. The summed E-state index contributed by atoms with van der Waals surface area (Å²) < 4.78 is 7.11. The summed E-state index contributed by atoms with van der Waals surface area (Å²) in [6.07, 6.45) is 3.76. The topological polar surface area (TPSA) is 39.9 Å². The Labute approximate surface area is 101 Å². The Balaban J connectivity index is 2.13. The molecule has 1 heterocycles. The van der Waals surface area contributed by atoms with Crippen LogP contribution in [0.15, 0.2) is 24.4 Å². The van der Waals surface area contributed by atoms with E-state index in [9.17, 15) is 0 Å². The minimum atomic E-state index is 0.884. The summed E-state index contributed by atoms with van der Waals surface area (Å²) in [5, 5.41) is 8.02. The van der Waals surface area contributed by atoms with Crippen molar-refractivity contribution in [3.63, 3.8) is 0 Å². The standard InChI is InChI=1S/C13H17N3O/c1-10-5-4-6-13(17-3)12(10)8-7-11-9-16(2)15-14-11/h4-6,9H,7-8H2,1-3H3. The second-order valence-electron chi connectivity index (χ2n) is 4.14. The van der Waals surface area contributed by atoms with Crippen LogP contribution >= 0.6 is 0 Å². The largest absolute Gasteiger partial charge is 0.496 e. The van der Waals surface area contributed by atoms with E-state index in [4.69, 9.17) is 4.74 Å². The van der Waals surface area contributed by atoms with Crippen molar-refractivity contribution in [1.82, 2.24) is 15.0 Å². The number of hydrogen-bond donors (Lipinski definition) is 0. The number of benzene rings is 1. The maximum atomic E-state index is 5.38. The van der Waals surface area contributed by atoms with Crippen LogP contribution < -0.4 is 4.74 Å². The average Bonchev–Trinajstić information content (AvgIpc) is 2.73. The Bertz CT molecular complexity index is 505. The highest BCUT2D eigenvalue weighted by Gasteiger charge is 2.07. The molecule has 0 unspecified atom stereocenters. The fourth-order valence-electron chi connectivity index (χ4n) is 1.95. The molecular weight excluding hydrogens is 214 g/mol. The van der Waals surface area contributed by atoms with E-state index in [1.807, 2.05) is 25.4 Å². The lowest BCUT2D eigenvalue weighted by atomic mass is 10.0. The molecule has 0 amide bonds. The zero-order valence-corrected chi connectivity index (χ0v) is 10.5. The van der Waals surface area contributed by atoms with Gasteiger partial charge in [0.15, 0.2) is 0 Å². The van der Waals surface area contributed by atoms with Gasteiger partial charge in [-0.1, -0.05) is 17.3 Å². The van der Waals surface area contributed by atoms with Crippen LogP contribution in [0.5, 0.6) is 5.75 Å². The molecule has 0 bridgehead atoms. The predicted octanol–water partition coefficient (Wildman–Crippen LogP) is 1.92. The van der Waals surface area contributed by atoms with Crippen LogP contribution in [0, 0.1) is 6.92 Å². The molecule has 0 fully saturated rings. The van der Waals surface area contributed by atoms with Gasteiger partial charge >= 0.3 is 0 Å². The van der Waals surface area contributed by atoms with Crippen molar-refractivity contribution in [1.29, 1.82) is 0 Å². The molecule has 4 heteroatoms. The number of hydrogen-bond acceptors (Lipinski definition) is 3. The molecule has 4 nitrogen and oxygen atoms in total. The molecule has 0 radical (unpaired) electrons. The second kappa shape index (κ2) is 4.99. The fourth-order valence-corrected chi connectivity index (χ4v) is 1.95. The van der Waals surface area contributed by atoms with E-state index in [-0.39, 0.29) is 0 Å².